The van der Waals surface area contributed by atoms with E-state index in [-0.39, 0.29) is 0 Å². The molecule has 1 aliphatic carbocycles. The summed E-state index contributed by atoms with van der Waals surface area (Å²) in [6, 6.07) is 2.04. The lowest BCUT2D eigenvalue weighted by Gasteiger charge is -2.25. The van der Waals surface area contributed by atoms with E-state index in [9.17, 15) is 0 Å². The summed E-state index contributed by atoms with van der Waals surface area (Å²) in [5, 5.41) is 7.67. The number of hydrogen-bond donors (Lipinski definition) is 1. The molecule has 1 saturated heterocycles. The van der Waals surface area contributed by atoms with E-state index in [2.05, 4.69) is 22.2 Å². The van der Waals surface area contributed by atoms with E-state index in [4.69, 9.17) is 4.99 Å². The lowest BCUT2D eigenvalue weighted by atomic mass is 9.86. The summed E-state index contributed by atoms with van der Waals surface area (Å²) < 4.78 is 1.90. The molecule has 0 atom stereocenters. The van der Waals surface area contributed by atoms with Gasteiger partial charge in [-0.2, -0.15) is 5.10 Å². The first kappa shape index (κ1) is 14.4. The van der Waals surface area contributed by atoms with Crippen LogP contribution in [0.4, 0.5) is 0 Å². The normalized spacial score (nSPS) is 21.4. The summed E-state index contributed by atoms with van der Waals surface area (Å²) in [5.41, 5.74) is 1.74. The van der Waals surface area contributed by atoms with E-state index in [0.717, 1.165) is 24.7 Å². The third kappa shape index (κ3) is 3.06. The quantitative estimate of drug-likeness (QED) is 0.685. The van der Waals surface area contributed by atoms with Gasteiger partial charge in [-0.25, -0.2) is 4.99 Å². The van der Waals surface area contributed by atoms with Gasteiger partial charge in [0.1, 0.15) is 0 Å². The molecule has 116 valence electrons. The van der Waals surface area contributed by atoms with Crippen molar-refractivity contribution in [3.63, 3.8) is 0 Å². The van der Waals surface area contributed by atoms with Crippen molar-refractivity contribution >= 4 is 5.96 Å². The number of likely N-dealkylation sites (tertiary alicyclic amines) is 1. The van der Waals surface area contributed by atoms with Crippen molar-refractivity contribution in [2.24, 2.45) is 17.5 Å². The average Bonchev–Trinajstić information content (AvgIpc) is 3.19. The van der Waals surface area contributed by atoms with E-state index in [1.807, 2.05) is 24.0 Å². The molecule has 0 amide bonds. The number of rotatable bonds is 3. The minimum absolute atomic E-state index is 0.586. The van der Waals surface area contributed by atoms with Crippen LogP contribution < -0.4 is 5.32 Å². The van der Waals surface area contributed by atoms with Crippen LogP contribution in [0.25, 0.3) is 0 Å². The zero-order chi connectivity index (χ0) is 14.7. The molecule has 2 aliphatic rings. The Morgan fingerprint density at radius 2 is 2.19 bits per heavy atom. The number of nitrogens with zero attached hydrogens (tertiary/aromatic N) is 4. The summed E-state index contributed by atoms with van der Waals surface area (Å²) in [4.78, 5) is 7.29. The van der Waals surface area contributed by atoms with Gasteiger partial charge in [-0.15, -0.1) is 0 Å². The van der Waals surface area contributed by atoms with Crippen LogP contribution in [0.15, 0.2) is 17.3 Å². The second kappa shape index (κ2) is 6.08. The van der Waals surface area contributed by atoms with E-state index in [1.54, 1.807) is 0 Å². The van der Waals surface area contributed by atoms with Gasteiger partial charge in [0.25, 0.3) is 0 Å². The van der Waals surface area contributed by atoms with Gasteiger partial charge in [-0.1, -0.05) is 12.8 Å². The van der Waals surface area contributed by atoms with Crippen LogP contribution in [0.2, 0.25) is 0 Å². The maximum Gasteiger partial charge on any atom is 0.194 e. The zero-order valence-corrected chi connectivity index (χ0v) is 13.3. The van der Waals surface area contributed by atoms with Crippen LogP contribution in [0.5, 0.6) is 0 Å². The maximum atomic E-state index is 4.82. The number of aryl methyl sites for hydroxylation is 1. The van der Waals surface area contributed by atoms with E-state index < -0.39 is 0 Å². The first-order valence-electron chi connectivity index (χ1n) is 8.23. The number of aromatic nitrogens is 2. The molecule has 2 fully saturated rings. The molecule has 0 radical (unpaired) electrons. The molecule has 1 aromatic heterocycles. The molecule has 0 aromatic carbocycles. The third-order valence-electron chi connectivity index (χ3n) is 5.05. The highest BCUT2D eigenvalue weighted by atomic mass is 15.3. The monoisotopic (exact) mass is 289 g/mol. The van der Waals surface area contributed by atoms with Gasteiger partial charge in [-0.05, 0) is 37.7 Å². The molecular weight excluding hydrogens is 262 g/mol. The van der Waals surface area contributed by atoms with Gasteiger partial charge < -0.3 is 10.2 Å². The van der Waals surface area contributed by atoms with Crippen LogP contribution in [0.1, 0.15) is 44.7 Å². The third-order valence-corrected chi connectivity index (χ3v) is 5.05. The molecule has 0 bridgehead atoms. The molecule has 1 aliphatic heterocycles. The van der Waals surface area contributed by atoms with Crippen LogP contribution in [0.3, 0.4) is 0 Å². The van der Waals surface area contributed by atoms with Crippen LogP contribution in [-0.2, 0) is 13.6 Å². The van der Waals surface area contributed by atoms with Crippen molar-refractivity contribution < 1.29 is 0 Å². The molecule has 5 heteroatoms. The van der Waals surface area contributed by atoms with Crippen molar-refractivity contribution in [3.05, 3.63) is 18.0 Å². The molecule has 1 aromatic rings. The van der Waals surface area contributed by atoms with Gasteiger partial charge in [0.05, 0.1) is 12.2 Å². The summed E-state index contributed by atoms with van der Waals surface area (Å²) in [6.07, 6.45) is 8.81. The van der Waals surface area contributed by atoms with Crippen molar-refractivity contribution in [1.29, 1.82) is 0 Å². The first-order valence-corrected chi connectivity index (χ1v) is 8.23. The lowest BCUT2D eigenvalue weighted by Crippen LogP contribution is -2.41. The highest BCUT2D eigenvalue weighted by Crippen LogP contribution is 2.45. The van der Waals surface area contributed by atoms with Gasteiger partial charge in [-0.3, -0.25) is 4.68 Å². The largest absolute Gasteiger partial charge is 0.357 e. The fraction of sp³-hybridized carbons (Fsp3) is 0.750. The molecule has 21 heavy (non-hydrogen) atoms. The van der Waals surface area contributed by atoms with Crippen molar-refractivity contribution in [2.45, 2.75) is 45.6 Å². The Bertz CT molecular complexity index is 499. The van der Waals surface area contributed by atoms with Gasteiger partial charge in [0, 0.05) is 32.9 Å². The topological polar surface area (TPSA) is 45.5 Å². The van der Waals surface area contributed by atoms with Gasteiger partial charge in [0.2, 0.25) is 0 Å². The van der Waals surface area contributed by atoms with Gasteiger partial charge in [0.15, 0.2) is 5.96 Å². The molecule has 0 unspecified atom stereocenters. The lowest BCUT2D eigenvalue weighted by molar-refractivity contribution is 0.309. The molecule has 2 heterocycles. The molecule has 3 rings (SSSR count). The number of aliphatic imine (C=N–C) groups is 1. The van der Waals surface area contributed by atoms with E-state index >= 15 is 0 Å². The SMILES string of the molecule is CCNC(=NCc1ccnn1C)N1CCC2(CCCC2)C1. The first-order chi connectivity index (χ1) is 10.2. The number of hydrogen-bond acceptors (Lipinski definition) is 2. The molecule has 1 N–H and O–H groups in total. The Balaban J connectivity index is 1.68. The molecular formula is C16H27N5. The average molecular weight is 289 g/mol. The fourth-order valence-electron chi connectivity index (χ4n) is 3.79. The Morgan fingerprint density at radius 3 is 2.86 bits per heavy atom. The molecule has 1 spiro atoms. The van der Waals surface area contributed by atoms with Crippen LogP contribution >= 0.6 is 0 Å². The summed E-state index contributed by atoms with van der Waals surface area (Å²) >= 11 is 0. The van der Waals surface area contributed by atoms with Crippen molar-refractivity contribution in [1.82, 2.24) is 20.0 Å². The standard InChI is InChI=1S/C16H27N5/c1-3-17-15(18-12-14-6-10-19-20(14)2)21-11-9-16(13-21)7-4-5-8-16/h6,10H,3-5,7-9,11-13H2,1-2H3,(H,17,18). The Hall–Kier alpha value is -1.52. The fourth-order valence-corrected chi connectivity index (χ4v) is 3.79. The highest BCUT2D eigenvalue weighted by Gasteiger charge is 2.41. The minimum Gasteiger partial charge on any atom is -0.357 e. The molecule has 1 saturated carbocycles. The summed E-state index contributed by atoms with van der Waals surface area (Å²) in [6.45, 7) is 6.10. The predicted molar refractivity (Wildman–Crippen MR) is 85.1 cm³/mol. The second-order valence-corrected chi connectivity index (χ2v) is 6.49. The van der Waals surface area contributed by atoms with Crippen LogP contribution in [-0.4, -0.2) is 40.3 Å². The van der Waals surface area contributed by atoms with Gasteiger partial charge >= 0.3 is 0 Å². The van der Waals surface area contributed by atoms with E-state index in [0.29, 0.717) is 12.0 Å². The zero-order valence-electron chi connectivity index (χ0n) is 13.3. The summed E-state index contributed by atoms with van der Waals surface area (Å²) in [5.74, 6) is 1.07. The number of guanidine groups is 1. The maximum absolute atomic E-state index is 4.82. The Morgan fingerprint density at radius 1 is 1.38 bits per heavy atom. The highest BCUT2D eigenvalue weighted by molar-refractivity contribution is 5.80. The number of nitrogens with one attached hydrogen (secondary N) is 1. The second-order valence-electron chi connectivity index (χ2n) is 6.49. The minimum atomic E-state index is 0.586. The predicted octanol–water partition coefficient (Wildman–Crippen LogP) is 2.15. The molecule has 5 nitrogen and oxygen atoms in total. The van der Waals surface area contributed by atoms with Crippen molar-refractivity contribution in [3.8, 4) is 0 Å². The smallest absolute Gasteiger partial charge is 0.194 e. The van der Waals surface area contributed by atoms with Crippen molar-refractivity contribution in [2.75, 3.05) is 19.6 Å². The van der Waals surface area contributed by atoms with Crippen LogP contribution in [0, 0.1) is 5.41 Å². The van der Waals surface area contributed by atoms with E-state index in [1.165, 1.54) is 38.6 Å². The summed E-state index contributed by atoms with van der Waals surface area (Å²) in [7, 11) is 1.97. The Kier molecular flexibility index (Phi) is 4.17. The Labute approximate surface area is 127 Å².